The van der Waals surface area contributed by atoms with Crippen molar-refractivity contribution in [3.8, 4) is 32.7 Å². The quantitative estimate of drug-likeness (QED) is 0.303. The second kappa shape index (κ2) is 8.39. The highest BCUT2D eigenvalue weighted by molar-refractivity contribution is 7.15. The second-order valence-corrected chi connectivity index (χ2v) is 9.56. The van der Waals surface area contributed by atoms with Crippen LogP contribution in [0.25, 0.3) is 32.7 Å². The Hall–Kier alpha value is -2.78. The van der Waals surface area contributed by atoms with E-state index in [4.69, 9.17) is 0 Å². The molecule has 1 aliphatic rings. The van der Waals surface area contributed by atoms with Gasteiger partial charge in [0.25, 0.3) is 0 Å². The standard InChI is InChI=1S/C28H24F2S/c1-18-6-8-19(9-7-18)20-10-12-21(13-11-20)23-16-24(29)28(25(30)17-23)27-15-14-26(31-27)22-4-2-3-5-22/h6-17,22H,2-5H2,1H3. The number of hydrogen-bond acceptors (Lipinski definition) is 1. The van der Waals surface area contributed by atoms with Gasteiger partial charge in [-0.2, -0.15) is 0 Å². The van der Waals surface area contributed by atoms with Gasteiger partial charge >= 0.3 is 0 Å². The summed E-state index contributed by atoms with van der Waals surface area (Å²) in [6.07, 6.45) is 4.86. The molecule has 31 heavy (non-hydrogen) atoms. The molecule has 3 aromatic carbocycles. The topological polar surface area (TPSA) is 0 Å². The molecule has 1 aliphatic carbocycles. The molecule has 1 heterocycles. The summed E-state index contributed by atoms with van der Waals surface area (Å²) in [5.74, 6) is -0.453. The monoisotopic (exact) mass is 430 g/mol. The van der Waals surface area contributed by atoms with Gasteiger partial charge in [-0.25, -0.2) is 8.78 Å². The highest BCUT2D eigenvalue weighted by atomic mass is 32.1. The smallest absolute Gasteiger partial charge is 0.135 e. The van der Waals surface area contributed by atoms with Gasteiger partial charge in [0.1, 0.15) is 11.6 Å². The summed E-state index contributed by atoms with van der Waals surface area (Å²) in [4.78, 5) is 1.93. The van der Waals surface area contributed by atoms with Gasteiger partial charge in [0.05, 0.1) is 5.56 Å². The Morgan fingerprint density at radius 1 is 0.677 bits per heavy atom. The summed E-state index contributed by atoms with van der Waals surface area (Å²) in [6.45, 7) is 2.06. The van der Waals surface area contributed by atoms with Gasteiger partial charge in [0.15, 0.2) is 0 Å². The lowest BCUT2D eigenvalue weighted by atomic mass is 9.98. The first-order valence-electron chi connectivity index (χ1n) is 10.8. The van der Waals surface area contributed by atoms with Crippen LogP contribution in [0.15, 0.2) is 72.8 Å². The predicted molar refractivity (Wildman–Crippen MR) is 126 cm³/mol. The third-order valence-corrected chi connectivity index (χ3v) is 7.54. The first-order chi connectivity index (χ1) is 15.1. The Morgan fingerprint density at radius 3 is 1.77 bits per heavy atom. The third kappa shape index (κ3) is 4.07. The normalized spacial score (nSPS) is 14.3. The van der Waals surface area contributed by atoms with Gasteiger partial charge in [0.2, 0.25) is 0 Å². The Kier molecular flexibility index (Phi) is 5.45. The van der Waals surface area contributed by atoms with Crippen LogP contribution in [-0.4, -0.2) is 0 Å². The van der Waals surface area contributed by atoms with Crippen molar-refractivity contribution in [1.29, 1.82) is 0 Å². The first kappa shape index (κ1) is 20.1. The van der Waals surface area contributed by atoms with E-state index < -0.39 is 11.6 Å². The molecule has 0 radical (unpaired) electrons. The van der Waals surface area contributed by atoms with E-state index in [0.717, 1.165) is 16.7 Å². The van der Waals surface area contributed by atoms with Crippen molar-refractivity contribution in [2.75, 3.05) is 0 Å². The minimum atomic E-state index is -0.502. The molecule has 156 valence electrons. The van der Waals surface area contributed by atoms with Crippen molar-refractivity contribution in [2.45, 2.75) is 38.5 Å². The van der Waals surface area contributed by atoms with Crippen LogP contribution in [0.1, 0.15) is 42.0 Å². The molecule has 0 amide bonds. The minimum Gasteiger partial charge on any atom is -0.206 e. The summed E-state index contributed by atoms with van der Waals surface area (Å²) in [7, 11) is 0. The lowest BCUT2D eigenvalue weighted by molar-refractivity contribution is 0.591. The van der Waals surface area contributed by atoms with Gasteiger partial charge in [0, 0.05) is 9.75 Å². The van der Waals surface area contributed by atoms with Crippen LogP contribution in [0.3, 0.4) is 0 Å². The molecule has 5 rings (SSSR count). The van der Waals surface area contributed by atoms with Gasteiger partial charge < -0.3 is 0 Å². The molecular weight excluding hydrogens is 406 g/mol. The van der Waals surface area contributed by atoms with Crippen molar-refractivity contribution in [3.05, 3.63) is 94.9 Å². The summed E-state index contributed by atoms with van der Waals surface area (Å²) in [5.41, 5.74) is 4.88. The number of thiophene rings is 1. The SMILES string of the molecule is Cc1ccc(-c2ccc(-c3cc(F)c(-c4ccc(C5CCCC5)s4)c(F)c3)cc2)cc1. The maximum atomic E-state index is 15.0. The van der Waals surface area contributed by atoms with Crippen LogP contribution in [0.5, 0.6) is 0 Å². The van der Waals surface area contributed by atoms with E-state index in [-0.39, 0.29) is 5.56 Å². The molecule has 0 atom stereocenters. The number of hydrogen-bond donors (Lipinski definition) is 0. The molecule has 1 fully saturated rings. The summed E-state index contributed by atoms with van der Waals surface area (Å²) < 4.78 is 30.0. The zero-order valence-corrected chi connectivity index (χ0v) is 18.3. The van der Waals surface area contributed by atoms with E-state index >= 15 is 8.78 Å². The van der Waals surface area contributed by atoms with Crippen LogP contribution >= 0.6 is 11.3 Å². The Morgan fingerprint density at radius 2 is 1.19 bits per heavy atom. The average molecular weight is 431 g/mol. The number of rotatable bonds is 4. The fourth-order valence-corrected chi connectivity index (χ4v) is 5.72. The molecule has 1 saturated carbocycles. The van der Waals surface area contributed by atoms with Crippen molar-refractivity contribution < 1.29 is 8.78 Å². The minimum absolute atomic E-state index is 0.0919. The van der Waals surface area contributed by atoms with Crippen molar-refractivity contribution in [3.63, 3.8) is 0 Å². The number of aryl methyl sites for hydroxylation is 1. The second-order valence-electron chi connectivity index (χ2n) is 8.44. The molecule has 0 saturated heterocycles. The lowest BCUT2D eigenvalue weighted by Crippen LogP contribution is -1.91. The van der Waals surface area contributed by atoms with E-state index in [0.29, 0.717) is 16.4 Å². The Labute approximate surface area is 186 Å². The maximum absolute atomic E-state index is 15.0. The predicted octanol–water partition coefficient (Wildman–Crippen LogP) is 8.99. The van der Waals surface area contributed by atoms with Gasteiger partial charge in [-0.05, 0) is 72.2 Å². The molecular formula is C28H24F2S. The summed E-state index contributed by atoms with van der Waals surface area (Å²) in [6, 6.07) is 23.0. The summed E-state index contributed by atoms with van der Waals surface area (Å²) in [5, 5.41) is 0. The van der Waals surface area contributed by atoms with Crippen LogP contribution in [0.4, 0.5) is 8.78 Å². The van der Waals surface area contributed by atoms with E-state index in [9.17, 15) is 0 Å². The van der Waals surface area contributed by atoms with Crippen LogP contribution in [-0.2, 0) is 0 Å². The molecule has 3 heteroatoms. The number of halogens is 2. The fourth-order valence-electron chi connectivity index (χ4n) is 4.49. The highest BCUT2D eigenvalue weighted by Crippen LogP contribution is 2.42. The van der Waals surface area contributed by atoms with E-state index in [2.05, 4.69) is 31.2 Å². The van der Waals surface area contributed by atoms with Crippen LogP contribution < -0.4 is 0 Å². The molecule has 0 N–H and O–H groups in total. The molecule has 0 aliphatic heterocycles. The largest absolute Gasteiger partial charge is 0.206 e. The van der Waals surface area contributed by atoms with Gasteiger partial charge in [-0.15, -0.1) is 11.3 Å². The zero-order valence-electron chi connectivity index (χ0n) is 17.5. The van der Waals surface area contributed by atoms with Crippen molar-refractivity contribution in [2.24, 2.45) is 0 Å². The fraction of sp³-hybridized carbons (Fsp3) is 0.214. The first-order valence-corrected chi connectivity index (χ1v) is 11.7. The lowest BCUT2D eigenvalue weighted by Gasteiger charge is -2.09. The molecule has 1 aromatic heterocycles. The van der Waals surface area contributed by atoms with E-state index in [1.54, 1.807) is 0 Å². The van der Waals surface area contributed by atoms with Gasteiger partial charge in [-0.3, -0.25) is 0 Å². The Bertz CT molecular complexity index is 1170. The summed E-state index contributed by atoms with van der Waals surface area (Å²) >= 11 is 1.53. The molecule has 0 nitrogen and oxygen atoms in total. The molecule has 0 spiro atoms. The third-order valence-electron chi connectivity index (χ3n) is 6.28. The maximum Gasteiger partial charge on any atom is 0.135 e. The molecule has 0 bridgehead atoms. The highest BCUT2D eigenvalue weighted by Gasteiger charge is 2.21. The average Bonchev–Trinajstić information content (AvgIpc) is 3.46. The van der Waals surface area contributed by atoms with Crippen LogP contribution in [0, 0.1) is 18.6 Å². The molecule has 0 unspecified atom stereocenters. The van der Waals surface area contributed by atoms with E-state index in [1.165, 1.54) is 59.6 Å². The van der Waals surface area contributed by atoms with Gasteiger partial charge in [-0.1, -0.05) is 66.9 Å². The van der Waals surface area contributed by atoms with Crippen molar-refractivity contribution >= 4 is 11.3 Å². The van der Waals surface area contributed by atoms with E-state index in [1.807, 2.05) is 36.4 Å². The van der Waals surface area contributed by atoms with Crippen molar-refractivity contribution in [1.82, 2.24) is 0 Å². The number of benzene rings is 3. The zero-order chi connectivity index (χ0) is 21.4. The Balaban J connectivity index is 1.43. The van der Waals surface area contributed by atoms with Crippen LogP contribution in [0.2, 0.25) is 0 Å². The molecule has 4 aromatic rings.